The molecule has 0 saturated heterocycles. The minimum Gasteiger partial charge on any atom is -0.412 e. The van der Waals surface area contributed by atoms with Crippen molar-refractivity contribution in [2.24, 2.45) is 23.7 Å². The quantitative estimate of drug-likeness (QED) is 0.366. The topological polar surface area (TPSA) is 169 Å². The SMILES string of the molecule is C[C-]1C(C)C(C)C(C)C1C.O.O.O.O=S(=O)(O)O.[Ir]. The summed E-state index contributed by atoms with van der Waals surface area (Å²) in [4.78, 5) is 0. The summed E-state index contributed by atoms with van der Waals surface area (Å²) in [6.45, 7) is 11.8. The van der Waals surface area contributed by atoms with Crippen molar-refractivity contribution in [2.45, 2.75) is 34.6 Å². The molecule has 0 aromatic rings. The maximum atomic E-state index is 8.74. The molecular weight excluding hydrogens is 456 g/mol. The van der Waals surface area contributed by atoms with E-state index in [1.165, 1.54) is 0 Å². The Bertz CT molecular complexity index is 243. The Kier molecular flexibility index (Phi) is 20.3. The van der Waals surface area contributed by atoms with Crippen LogP contribution in [0.4, 0.5) is 0 Å². The van der Waals surface area contributed by atoms with Crippen molar-refractivity contribution in [3.63, 3.8) is 0 Å². The summed E-state index contributed by atoms with van der Waals surface area (Å²) in [6.07, 6.45) is 0. The maximum absolute atomic E-state index is 8.74. The van der Waals surface area contributed by atoms with Gasteiger partial charge in [0.05, 0.1) is 0 Å². The average Bonchev–Trinajstić information content (AvgIpc) is 2.21. The minimum absolute atomic E-state index is 0. The molecule has 0 heterocycles. The summed E-state index contributed by atoms with van der Waals surface area (Å²) in [7, 11) is -4.67. The van der Waals surface area contributed by atoms with Gasteiger partial charge in [-0.2, -0.15) is 27.2 Å². The van der Waals surface area contributed by atoms with Crippen molar-refractivity contribution in [2.75, 3.05) is 0 Å². The van der Waals surface area contributed by atoms with Crippen molar-refractivity contribution in [3.8, 4) is 0 Å². The van der Waals surface area contributed by atoms with Gasteiger partial charge in [-0.3, -0.25) is 9.11 Å². The molecular formula is C10H27IrO7S-. The number of hydrogen-bond donors (Lipinski definition) is 2. The van der Waals surface area contributed by atoms with Gasteiger partial charge in [-0.05, 0) is 0 Å². The van der Waals surface area contributed by atoms with Crippen LogP contribution in [0, 0.1) is 29.6 Å². The Balaban J connectivity index is -0.0000000652. The number of rotatable bonds is 0. The molecule has 19 heavy (non-hydrogen) atoms. The molecule has 1 rings (SSSR count). The zero-order valence-electron chi connectivity index (χ0n) is 11.8. The van der Waals surface area contributed by atoms with E-state index in [2.05, 4.69) is 34.6 Å². The summed E-state index contributed by atoms with van der Waals surface area (Å²) in [6, 6.07) is 0. The first kappa shape index (κ1) is 31.7. The summed E-state index contributed by atoms with van der Waals surface area (Å²) in [5.74, 6) is 5.21. The summed E-state index contributed by atoms with van der Waals surface area (Å²) in [5, 5.41) is 0. The Morgan fingerprint density at radius 2 is 1.00 bits per heavy atom. The van der Waals surface area contributed by atoms with E-state index in [0.717, 1.165) is 23.7 Å². The van der Waals surface area contributed by atoms with Crippen LogP contribution in [0.25, 0.3) is 0 Å². The molecule has 0 spiro atoms. The molecule has 4 unspecified atom stereocenters. The van der Waals surface area contributed by atoms with Crippen molar-refractivity contribution in [1.82, 2.24) is 0 Å². The van der Waals surface area contributed by atoms with E-state index in [-0.39, 0.29) is 36.5 Å². The van der Waals surface area contributed by atoms with Crippen molar-refractivity contribution < 1.29 is 54.1 Å². The van der Waals surface area contributed by atoms with Crippen LogP contribution in [0.2, 0.25) is 0 Å². The third kappa shape index (κ3) is 11.9. The average molecular weight is 484 g/mol. The monoisotopic (exact) mass is 484 g/mol. The predicted molar refractivity (Wildman–Crippen MR) is 70.6 cm³/mol. The molecule has 1 saturated carbocycles. The summed E-state index contributed by atoms with van der Waals surface area (Å²) < 4.78 is 31.6. The van der Waals surface area contributed by atoms with Crippen LogP contribution in [0.1, 0.15) is 34.6 Å². The Morgan fingerprint density at radius 1 is 0.842 bits per heavy atom. The molecule has 7 nitrogen and oxygen atoms in total. The van der Waals surface area contributed by atoms with Gasteiger partial charge in [0.15, 0.2) is 0 Å². The molecule has 9 heteroatoms. The van der Waals surface area contributed by atoms with Crippen molar-refractivity contribution >= 4 is 10.4 Å². The van der Waals surface area contributed by atoms with E-state index in [4.69, 9.17) is 17.5 Å². The third-order valence-corrected chi connectivity index (χ3v) is 3.84. The first-order valence-electron chi connectivity index (χ1n) is 5.09. The van der Waals surface area contributed by atoms with Crippen LogP contribution >= 0.6 is 0 Å². The second-order valence-electron chi connectivity index (χ2n) is 4.49. The molecule has 0 bridgehead atoms. The molecule has 0 aliphatic heterocycles. The summed E-state index contributed by atoms with van der Waals surface area (Å²) in [5.41, 5.74) is 0. The largest absolute Gasteiger partial charge is 0.412 e. The zero-order chi connectivity index (χ0) is 12.4. The molecule has 8 N–H and O–H groups in total. The molecule has 1 aliphatic rings. The maximum Gasteiger partial charge on any atom is 0.394 e. The van der Waals surface area contributed by atoms with Crippen LogP contribution < -0.4 is 0 Å². The molecule has 4 atom stereocenters. The van der Waals surface area contributed by atoms with Crippen LogP contribution in [0.5, 0.6) is 0 Å². The van der Waals surface area contributed by atoms with Crippen molar-refractivity contribution in [3.05, 3.63) is 5.92 Å². The smallest absolute Gasteiger partial charge is 0.394 e. The fourth-order valence-electron chi connectivity index (χ4n) is 2.15. The van der Waals surface area contributed by atoms with Gasteiger partial charge in [0.25, 0.3) is 0 Å². The van der Waals surface area contributed by atoms with Crippen LogP contribution in [0.15, 0.2) is 0 Å². The predicted octanol–water partition coefficient (Wildman–Crippen LogP) is 0.00939. The minimum atomic E-state index is -4.67. The van der Waals surface area contributed by atoms with Gasteiger partial charge in [-0.25, -0.2) is 0 Å². The number of hydrogen-bond acceptors (Lipinski definition) is 2. The van der Waals surface area contributed by atoms with Gasteiger partial charge < -0.3 is 22.3 Å². The molecule has 125 valence electrons. The van der Waals surface area contributed by atoms with Crippen LogP contribution in [-0.4, -0.2) is 34.0 Å². The second kappa shape index (κ2) is 12.2. The normalized spacial score (nSPS) is 29.4. The zero-order valence-corrected chi connectivity index (χ0v) is 15.0. The molecule has 1 aliphatic carbocycles. The van der Waals surface area contributed by atoms with E-state index >= 15 is 0 Å². The fraction of sp³-hybridized carbons (Fsp3) is 0.900. The molecule has 1 radical (unpaired) electrons. The Hall–Kier alpha value is 0.399. The molecule has 0 aromatic carbocycles. The van der Waals surface area contributed by atoms with Crippen molar-refractivity contribution in [1.29, 1.82) is 0 Å². The molecule has 0 aromatic heterocycles. The van der Waals surface area contributed by atoms with Gasteiger partial charge in [0.2, 0.25) is 0 Å². The van der Waals surface area contributed by atoms with Crippen LogP contribution in [0.3, 0.4) is 0 Å². The Labute approximate surface area is 129 Å². The van der Waals surface area contributed by atoms with E-state index in [0.29, 0.717) is 0 Å². The van der Waals surface area contributed by atoms with E-state index in [1.54, 1.807) is 5.92 Å². The Morgan fingerprint density at radius 3 is 1.05 bits per heavy atom. The van der Waals surface area contributed by atoms with E-state index in [9.17, 15) is 0 Å². The standard InChI is InChI=1S/C10H19.Ir.H2O4S.3H2O/c1-6-7(2)9(4)10(5)8(6)3;;1-5(2,3)4;;;/h6-9H,1-5H3;;(H2,1,2,3,4);3*1H2/q-1;;;;;. The van der Waals surface area contributed by atoms with E-state index in [1.807, 2.05) is 0 Å². The van der Waals surface area contributed by atoms with Gasteiger partial charge in [-0.1, -0.05) is 39.5 Å². The third-order valence-electron chi connectivity index (χ3n) is 3.84. The second-order valence-corrected chi connectivity index (χ2v) is 5.38. The molecule has 0 amide bonds. The first-order chi connectivity index (χ1) is 6.55. The van der Waals surface area contributed by atoms with Gasteiger partial charge in [-0.15, -0.1) is 0 Å². The summed E-state index contributed by atoms with van der Waals surface area (Å²) >= 11 is 0. The van der Waals surface area contributed by atoms with Gasteiger partial charge in [0, 0.05) is 20.1 Å². The molecule has 1 fully saturated rings. The van der Waals surface area contributed by atoms with Gasteiger partial charge >= 0.3 is 10.4 Å². The van der Waals surface area contributed by atoms with Crippen LogP contribution in [-0.2, 0) is 30.5 Å². The first-order valence-corrected chi connectivity index (χ1v) is 6.48. The van der Waals surface area contributed by atoms with E-state index < -0.39 is 10.4 Å². The van der Waals surface area contributed by atoms with Gasteiger partial charge in [0.1, 0.15) is 0 Å². The fourth-order valence-corrected chi connectivity index (χ4v) is 2.15.